The van der Waals surface area contributed by atoms with E-state index in [2.05, 4.69) is 16.7 Å². The van der Waals surface area contributed by atoms with E-state index in [1.54, 1.807) is 0 Å². The number of likely N-dealkylation sites (tertiary alicyclic amines) is 1. The van der Waals surface area contributed by atoms with Gasteiger partial charge in [0.25, 0.3) is 0 Å². The van der Waals surface area contributed by atoms with Crippen molar-refractivity contribution < 1.29 is 0 Å². The largest absolute Gasteiger partial charge is 0.329 e. The predicted octanol–water partition coefficient (Wildman–Crippen LogP) is 1.67. The Bertz CT molecular complexity index is 293. The minimum absolute atomic E-state index is 0.320. The Morgan fingerprint density at radius 1 is 1.06 bits per heavy atom. The first-order valence-electron chi connectivity index (χ1n) is 7.95. The Hall–Kier alpha value is -0.120. The highest BCUT2D eigenvalue weighted by Gasteiger charge is 2.51. The summed E-state index contributed by atoms with van der Waals surface area (Å²) < 4.78 is 0. The predicted molar refractivity (Wildman–Crippen MR) is 75.6 cm³/mol. The first-order valence-corrected chi connectivity index (χ1v) is 7.95. The molecule has 18 heavy (non-hydrogen) atoms. The molecule has 3 rings (SSSR count). The number of nitrogens with zero attached hydrogens (tertiary/aromatic N) is 2. The molecule has 3 aliphatic heterocycles. The smallest absolute Gasteiger partial charge is 0.0498 e. The molecule has 3 aliphatic rings. The second kappa shape index (κ2) is 5.10. The average Bonchev–Trinajstić information content (AvgIpc) is 2.90. The van der Waals surface area contributed by atoms with Crippen molar-refractivity contribution >= 4 is 0 Å². The van der Waals surface area contributed by atoms with Gasteiger partial charge < -0.3 is 5.73 Å². The van der Waals surface area contributed by atoms with Crippen molar-refractivity contribution in [1.29, 1.82) is 0 Å². The fourth-order valence-corrected chi connectivity index (χ4v) is 4.65. The Labute approximate surface area is 112 Å². The fraction of sp³-hybridized carbons (Fsp3) is 1.00. The standard InChI is InChI=1S/C15H29N3/c1-13-4-2-9-18(10-6-13)15(12-16)7-11-17-8-3-5-14(15)17/h13-14H,2-12,16H2,1H3. The second-order valence-electron chi connectivity index (χ2n) is 6.77. The molecule has 3 heterocycles. The van der Waals surface area contributed by atoms with Gasteiger partial charge in [-0.15, -0.1) is 0 Å². The second-order valence-corrected chi connectivity index (χ2v) is 6.77. The van der Waals surface area contributed by atoms with Crippen LogP contribution in [0.2, 0.25) is 0 Å². The van der Waals surface area contributed by atoms with Gasteiger partial charge in [-0.2, -0.15) is 0 Å². The van der Waals surface area contributed by atoms with Crippen molar-refractivity contribution in [3.63, 3.8) is 0 Å². The molecule has 0 amide bonds. The van der Waals surface area contributed by atoms with Gasteiger partial charge in [0.2, 0.25) is 0 Å². The summed E-state index contributed by atoms with van der Waals surface area (Å²) in [5, 5.41) is 0. The van der Waals surface area contributed by atoms with Crippen LogP contribution in [0.4, 0.5) is 0 Å². The molecule has 0 bridgehead atoms. The third-order valence-electron chi connectivity index (χ3n) is 5.82. The summed E-state index contributed by atoms with van der Waals surface area (Å²) in [5.74, 6) is 0.908. The number of hydrogen-bond acceptors (Lipinski definition) is 3. The quantitative estimate of drug-likeness (QED) is 0.810. The van der Waals surface area contributed by atoms with Crippen molar-refractivity contribution in [2.45, 2.75) is 57.0 Å². The van der Waals surface area contributed by atoms with Crippen LogP contribution in [0.3, 0.4) is 0 Å². The van der Waals surface area contributed by atoms with Gasteiger partial charge >= 0.3 is 0 Å². The zero-order chi connectivity index (χ0) is 12.6. The van der Waals surface area contributed by atoms with Crippen LogP contribution >= 0.6 is 0 Å². The zero-order valence-corrected chi connectivity index (χ0v) is 11.9. The molecule has 0 aromatic heterocycles. The summed E-state index contributed by atoms with van der Waals surface area (Å²) in [7, 11) is 0. The maximum absolute atomic E-state index is 6.27. The molecule has 3 heteroatoms. The molecule has 3 fully saturated rings. The molecule has 3 atom stereocenters. The zero-order valence-electron chi connectivity index (χ0n) is 11.9. The lowest BCUT2D eigenvalue weighted by Crippen LogP contribution is -2.60. The van der Waals surface area contributed by atoms with Crippen LogP contribution in [0.15, 0.2) is 0 Å². The van der Waals surface area contributed by atoms with Crippen LogP contribution in [-0.2, 0) is 0 Å². The van der Waals surface area contributed by atoms with E-state index >= 15 is 0 Å². The van der Waals surface area contributed by atoms with Gasteiger partial charge in [-0.05, 0) is 64.1 Å². The van der Waals surface area contributed by atoms with Gasteiger partial charge in [-0.1, -0.05) is 6.92 Å². The molecule has 0 saturated carbocycles. The van der Waals surface area contributed by atoms with E-state index in [9.17, 15) is 0 Å². The van der Waals surface area contributed by atoms with Gasteiger partial charge in [0.1, 0.15) is 0 Å². The molecule has 0 aliphatic carbocycles. The number of nitrogens with two attached hydrogens (primary N) is 1. The van der Waals surface area contributed by atoms with Crippen molar-refractivity contribution in [2.24, 2.45) is 11.7 Å². The molecule has 104 valence electrons. The molecule has 2 N–H and O–H groups in total. The monoisotopic (exact) mass is 251 g/mol. The summed E-state index contributed by atoms with van der Waals surface area (Å²) in [6.07, 6.45) is 8.22. The molecule has 0 aromatic carbocycles. The SMILES string of the molecule is CC1CCCN(C2(CN)CCN3CCCC32)CC1. The van der Waals surface area contributed by atoms with E-state index in [0.717, 1.165) is 18.5 Å². The lowest BCUT2D eigenvalue weighted by atomic mass is 9.86. The fourth-order valence-electron chi connectivity index (χ4n) is 4.65. The number of rotatable bonds is 2. The van der Waals surface area contributed by atoms with E-state index in [1.165, 1.54) is 64.7 Å². The maximum Gasteiger partial charge on any atom is 0.0498 e. The van der Waals surface area contributed by atoms with E-state index in [1.807, 2.05) is 0 Å². The van der Waals surface area contributed by atoms with Crippen LogP contribution < -0.4 is 5.73 Å². The summed E-state index contributed by atoms with van der Waals surface area (Å²) >= 11 is 0. The van der Waals surface area contributed by atoms with Crippen molar-refractivity contribution in [3.8, 4) is 0 Å². The lowest BCUT2D eigenvalue weighted by Gasteiger charge is -2.44. The van der Waals surface area contributed by atoms with Gasteiger partial charge in [0.05, 0.1) is 0 Å². The highest BCUT2D eigenvalue weighted by atomic mass is 15.3. The molecular formula is C15H29N3. The maximum atomic E-state index is 6.27. The highest BCUT2D eigenvalue weighted by Crippen LogP contribution is 2.40. The van der Waals surface area contributed by atoms with Gasteiger partial charge in [0.15, 0.2) is 0 Å². The van der Waals surface area contributed by atoms with Crippen LogP contribution in [0, 0.1) is 5.92 Å². The van der Waals surface area contributed by atoms with Gasteiger partial charge in [-0.25, -0.2) is 0 Å². The van der Waals surface area contributed by atoms with Crippen LogP contribution in [0.5, 0.6) is 0 Å². The Kier molecular flexibility index (Phi) is 3.65. The van der Waals surface area contributed by atoms with Crippen LogP contribution in [0.1, 0.15) is 45.4 Å². The number of fused-ring (bicyclic) bond motifs is 1. The summed E-state index contributed by atoms with van der Waals surface area (Å²) in [4.78, 5) is 5.49. The Morgan fingerprint density at radius 3 is 2.72 bits per heavy atom. The van der Waals surface area contributed by atoms with Crippen LogP contribution in [0.25, 0.3) is 0 Å². The van der Waals surface area contributed by atoms with E-state index in [4.69, 9.17) is 5.73 Å². The normalized spacial score (nSPS) is 43.0. The van der Waals surface area contributed by atoms with Gasteiger partial charge in [-0.3, -0.25) is 9.80 Å². The molecule has 3 unspecified atom stereocenters. The molecular weight excluding hydrogens is 222 g/mol. The lowest BCUT2D eigenvalue weighted by molar-refractivity contribution is 0.0675. The molecule has 0 radical (unpaired) electrons. The topological polar surface area (TPSA) is 32.5 Å². The first kappa shape index (κ1) is 12.9. The average molecular weight is 251 g/mol. The minimum atomic E-state index is 0.320. The van der Waals surface area contributed by atoms with E-state index < -0.39 is 0 Å². The van der Waals surface area contributed by atoms with E-state index in [0.29, 0.717) is 5.54 Å². The molecule has 0 spiro atoms. The molecule has 3 nitrogen and oxygen atoms in total. The summed E-state index contributed by atoms with van der Waals surface area (Å²) in [6.45, 7) is 8.44. The Balaban J connectivity index is 1.78. The third-order valence-corrected chi connectivity index (χ3v) is 5.82. The van der Waals surface area contributed by atoms with Crippen LogP contribution in [-0.4, -0.2) is 54.1 Å². The molecule has 0 aromatic rings. The van der Waals surface area contributed by atoms with Crippen molar-refractivity contribution in [3.05, 3.63) is 0 Å². The van der Waals surface area contributed by atoms with E-state index in [-0.39, 0.29) is 0 Å². The molecule has 3 saturated heterocycles. The third kappa shape index (κ3) is 2.00. The first-order chi connectivity index (χ1) is 8.76. The van der Waals surface area contributed by atoms with Crippen molar-refractivity contribution in [1.82, 2.24) is 9.80 Å². The summed E-state index contributed by atoms with van der Waals surface area (Å²) in [6, 6.07) is 0.760. The highest BCUT2D eigenvalue weighted by molar-refractivity contribution is 5.10. The van der Waals surface area contributed by atoms with Gasteiger partial charge in [0, 0.05) is 24.7 Å². The summed E-state index contributed by atoms with van der Waals surface area (Å²) in [5.41, 5.74) is 6.59. The Morgan fingerprint density at radius 2 is 1.89 bits per heavy atom. The number of hydrogen-bond donors (Lipinski definition) is 1. The minimum Gasteiger partial charge on any atom is -0.329 e. The van der Waals surface area contributed by atoms with Crippen molar-refractivity contribution in [2.75, 3.05) is 32.7 Å².